The van der Waals surface area contributed by atoms with Crippen molar-refractivity contribution in [3.8, 4) is 0 Å². The Balaban J connectivity index is 1.68. The van der Waals surface area contributed by atoms with Gasteiger partial charge in [-0.05, 0) is 25.3 Å². The quantitative estimate of drug-likeness (QED) is 0.940. The van der Waals surface area contributed by atoms with Crippen LogP contribution in [0.4, 0.5) is 0 Å². The Morgan fingerprint density at radius 1 is 1.29 bits per heavy atom. The van der Waals surface area contributed by atoms with Crippen molar-refractivity contribution < 1.29 is 4.79 Å². The lowest BCUT2D eigenvalue weighted by molar-refractivity contribution is 0.0685. The molecular formula is C19H26N4O. The van der Waals surface area contributed by atoms with Crippen molar-refractivity contribution in [3.05, 3.63) is 53.6 Å². The molecule has 24 heavy (non-hydrogen) atoms. The Kier molecular flexibility index (Phi) is 5.30. The van der Waals surface area contributed by atoms with Gasteiger partial charge in [0.2, 0.25) is 0 Å². The largest absolute Gasteiger partial charge is 0.348 e. The second kappa shape index (κ2) is 7.62. The highest BCUT2D eigenvalue weighted by molar-refractivity contribution is 5.93. The lowest BCUT2D eigenvalue weighted by atomic mass is 10.2. The molecule has 1 atom stereocenters. The number of aromatic amines is 1. The molecule has 5 nitrogen and oxygen atoms in total. The molecule has 2 heterocycles. The van der Waals surface area contributed by atoms with Gasteiger partial charge in [-0.2, -0.15) is 0 Å². The number of carbonyl (C=O) groups is 1. The fraction of sp³-hybridized carbons (Fsp3) is 0.474. The minimum atomic E-state index is 0.0576. The number of hydrogen-bond acceptors (Lipinski definition) is 3. The molecule has 1 saturated heterocycles. The van der Waals surface area contributed by atoms with Gasteiger partial charge in [0, 0.05) is 37.9 Å². The number of benzene rings is 1. The molecule has 1 aliphatic heterocycles. The van der Waals surface area contributed by atoms with Gasteiger partial charge in [-0.1, -0.05) is 37.3 Å². The zero-order valence-electron chi connectivity index (χ0n) is 14.5. The summed E-state index contributed by atoms with van der Waals surface area (Å²) < 4.78 is 0. The SMILES string of the molecule is CCc1[nH]cnc1C(=O)N1CCCN(Cc2ccccc2)CC1C. The number of aryl methyl sites for hydroxylation is 1. The smallest absolute Gasteiger partial charge is 0.274 e. The number of imidazole rings is 1. The highest BCUT2D eigenvalue weighted by Gasteiger charge is 2.28. The Bertz CT molecular complexity index is 667. The Morgan fingerprint density at radius 3 is 2.83 bits per heavy atom. The molecule has 1 aliphatic rings. The predicted octanol–water partition coefficient (Wildman–Crippen LogP) is 2.71. The average molecular weight is 326 g/mol. The zero-order chi connectivity index (χ0) is 16.9. The minimum Gasteiger partial charge on any atom is -0.348 e. The zero-order valence-corrected chi connectivity index (χ0v) is 14.5. The summed E-state index contributed by atoms with van der Waals surface area (Å²) >= 11 is 0. The van der Waals surface area contributed by atoms with Crippen LogP contribution >= 0.6 is 0 Å². The molecule has 0 radical (unpaired) electrons. The lowest BCUT2D eigenvalue weighted by Gasteiger charge is -2.29. The van der Waals surface area contributed by atoms with Gasteiger partial charge in [-0.15, -0.1) is 0 Å². The summed E-state index contributed by atoms with van der Waals surface area (Å²) in [6.07, 6.45) is 3.41. The lowest BCUT2D eigenvalue weighted by Crippen LogP contribution is -2.42. The molecule has 0 spiro atoms. The molecular weight excluding hydrogens is 300 g/mol. The standard InChI is InChI=1S/C19H26N4O/c1-3-17-18(21-14-20-17)19(24)23-11-7-10-22(12-15(23)2)13-16-8-5-4-6-9-16/h4-6,8-9,14-15H,3,7,10-13H2,1-2H3,(H,20,21). The number of nitrogens with zero attached hydrogens (tertiary/aromatic N) is 3. The summed E-state index contributed by atoms with van der Waals surface area (Å²) in [4.78, 5) is 24.7. The van der Waals surface area contributed by atoms with Crippen molar-refractivity contribution in [1.82, 2.24) is 19.8 Å². The van der Waals surface area contributed by atoms with E-state index >= 15 is 0 Å². The molecule has 1 aromatic carbocycles. The van der Waals surface area contributed by atoms with E-state index in [1.807, 2.05) is 17.9 Å². The Labute approximate surface area is 143 Å². The van der Waals surface area contributed by atoms with Gasteiger partial charge in [0.25, 0.3) is 5.91 Å². The van der Waals surface area contributed by atoms with Crippen LogP contribution in [0.15, 0.2) is 36.7 Å². The monoisotopic (exact) mass is 326 g/mol. The van der Waals surface area contributed by atoms with Crippen LogP contribution < -0.4 is 0 Å². The van der Waals surface area contributed by atoms with Gasteiger partial charge in [0.15, 0.2) is 0 Å². The molecule has 1 N–H and O–H groups in total. The van der Waals surface area contributed by atoms with Crippen molar-refractivity contribution in [2.75, 3.05) is 19.6 Å². The van der Waals surface area contributed by atoms with Crippen LogP contribution in [0.5, 0.6) is 0 Å². The number of amides is 1. The number of carbonyl (C=O) groups excluding carboxylic acids is 1. The summed E-state index contributed by atoms with van der Waals surface area (Å²) in [7, 11) is 0. The summed E-state index contributed by atoms with van der Waals surface area (Å²) in [6.45, 7) is 7.82. The van der Waals surface area contributed by atoms with Crippen molar-refractivity contribution in [2.24, 2.45) is 0 Å². The number of H-pyrrole nitrogens is 1. The first-order chi connectivity index (χ1) is 11.7. The molecule has 0 aliphatic carbocycles. The summed E-state index contributed by atoms with van der Waals surface area (Å²) in [5, 5.41) is 0. The van der Waals surface area contributed by atoms with Crippen LogP contribution in [0.3, 0.4) is 0 Å². The van der Waals surface area contributed by atoms with Crippen LogP contribution in [0.2, 0.25) is 0 Å². The van der Waals surface area contributed by atoms with Crippen LogP contribution in [-0.2, 0) is 13.0 Å². The first-order valence-corrected chi connectivity index (χ1v) is 8.78. The third-order valence-electron chi connectivity index (χ3n) is 4.71. The Morgan fingerprint density at radius 2 is 2.08 bits per heavy atom. The Hall–Kier alpha value is -2.14. The highest BCUT2D eigenvalue weighted by atomic mass is 16.2. The molecule has 5 heteroatoms. The van der Waals surface area contributed by atoms with E-state index in [0.29, 0.717) is 5.69 Å². The van der Waals surface area contributed by atoms with Gasteiger partial charge >= 0.3 is 0 Å². The van der Waals surface area contributed by atoms with Crippen molar-refractivity contribution in [3.63, 3.8) is 0 Å². The van der Waals surface area contributed by atoms with Crippen LogP contribution in [-0.4, -0.2) is 51.4 Å². The second-order valence-electron chi connectivity index (χ2n) is 6.51. The number of rotatable bonds is 4. The second-order valence-corrected chi connectivity index (χ2v) is 6.51. The van der Waals surface area contributed by atoms with E-state index < -0.39 is 0 Å². The third-order valence-corrected chi connectivity index (χ3v) is 4.71. The number of aromatic nitrogens is 2. The maximum atomic E-state index is 12.9. The first kappa shape index (κ1) is 16.7. The van der Waals surface area contributed by atoms with Crippen molar-refractivity contribution in [2.45, 2.75) is 39.3 Å². The predicted molar refractivity (Wildman–Crippen MR) is 94.8 cm³/mol. The van der Waals surface area contributed by atoms with Gasteiger partial charge in [-0.25, -0.2) is 4.98 Å². The van der Waals surface area contributed by atoms with E-state index in [2.05, 4.69) is 46.1 Å². The van der Waals surface area contributed by atoms with E-state index in [1.165, 1.54) is 5.56 Å². The molecule has 1 unspecified atom stereocenters. The molecule has 0 bridgehead atoms. The molecule has 3 rings (SSSR count). The molecule has 1 amide bonds. The molecule has 128 valence electrons. The highest BCUT2D eigenvalue weighted by Crippen LogP contribution is 2.17. The average Bonchev–Trinajstić information content (AvgIpc) is 3.00. The first-order valence-electron chi connectivity index (χ1n) is 8.78. The van der Waals surface area contributed by atoms with E-state index in [9.17, 15) is 4.79 Å². The molecule has 0 saturated carbocycles. The van der Waals surface area contributed by atoms with Crippen LogP contribution in [0.25, 0.3) is 0 Å². The van der Waals surface area contributed by atoms with E-state index in [1.54, 1.807) is 6.33 Å². The van der Waals surface area contributed by atoms with Crippen molar-refractivity contribution >= 4 is 5.91 Å². The third kappa shape index (κ3) is 3.67. The van der Waals surface area contributed by atoms with Crippen LogP contribution in [0.1, 0.15) is 42.0 Å². The fourth-order valence-electron chi connectivity index (χ4n) is 3.45. The van der Waals surface area contributed by atoms with Gasteiger partial charge < -0.3 is 9.88 Å². The van der Waals surface area contributed by atoms with E-state index in [0.717, 1.165) is 44.7 Å². The van der Waals surface area contributed by atoms with Gasteiger partial charge in [0.05, 0.1) is 6.33 Å². The molecule has 1 aromatic heterocycles. The van der Waals surface area contributed by atoms with E-state index in [-0.39, 0.29) is 11.9 Å². The summed E-state index contributed by atoms with van der Waals surface area (Å²) in [5.74, 6) is 0.0576. The summed E-state index contributed by atoms with van der Waals surface area (Å²) in [6, 6.07) is 10.7. The van der Waals surface area contributed by atoms with Crippen LogP contribution in [0, 0.1) is 0 Å². The van der Waals surface area contributed by atoms with E-state index in [4.69, 9.17) is 0 Å². The van der Waals surface area contributed by atoms with Gasteiger partial charge in [-0.3, -0.25) is 9.69 Å². The summed E-state index contributed by atoms with van der Waals surface area (Å²) in [5.41, 5.74) is 2.84. The fourth-order valence-corrected chi connectivity index (χ4v) is 3.45. The number of nitrogens with one attached hydrogen (secondary N) is 1. The van der Waals surface area contributed by atoms with Gasteiger partial charge in [0.1, 0.15) is 5.69 Å². The maximum Gasteiger partial charge on any atom is 0.274 e. The molecule has 1 fully saturated rings. The topological polar surface area (TPSA) is 52.2 Å². The molecule has 2 aromatic rings. The number of hydrogen-bond donors (Lipinski definition) is 1. The minimum absolute atomic E-state index is 0.0576. The van der Waals surface area contributed by atoms with Crippen molar-refractivity contribution in [1.29, 1.82) is 0 Å². The normalized spacial score (nSPS) is 19.2. The maximum absolute atomic E-state index is 12.9.